The van der Waals surface area contributed by atoms with Crippen molar-refractivity contribution in [1.29, 1.82) is 0 Å². The largest absolute Gasteiger partial charge is 0.308 e. The Morgan fingerprint density at radius 3 is 2.11 bits per heavy atom. The van der Waals surface area contributed by atoms with Gasteiger partial charge >= 0.3 is 0 Å². The molecule has 0 aromatic rings. The first-order chi connectivity index (χ1) is 8.63. The zero-order valence-corrected chi connectivity index (χ0v) is 13.4. The molecular formula is C17H35N. The van der Waals surface area contributed by atoms with E-state index in [0.717, 1.165) is 17.9 Å². The fraction of sp³-hybridized carbons (Fsp3) is 1.00. The summed E-state index contributed by atoms with van der Waals surface area (Å²) in [5.74, 6) is 1.77. The average molecular weight is 253 g/mol. The molecule has 0 amide bonds. The number of hydrogen-bond acceptors (Lipinski definition) is 1. The van der Waals surface area contributed by atoms with Crippen LogP contribution in [0.25, 0.3) is 0 Å². The lowest BCUT2D eigenvalue weighted by Gasteiger charge is -2.39. The smallest absolute Gasteiger partial charge is 0.0215 e. The fourth-order valence-corrected chi connectivity index (χ4v) is 4.24. The summed E-state index contributed by atoms with van der Waals surface area (Å²) in [6.07, 6.45) is 10.8. The number of nitrogens with one attached hydrogen (secondary N) is 1. The zero-order valence-electron chi connectivity index (χ0n) is 13.4. The lowest BCUT2D eigenvalue weighted by atomic mass is 9.71. The third kappa shape index (κ3) is 3.50. The predicted molar refractivity (Wildman–Crippen MR) is 81.9 cm³/mol. The standard InChI is InChI=1S/C17H35N/c1-6-10-15-13-16(14(5)9-4)17(18-15,11-7-2)12-8-3/h14-16,18H,6-13H2,1-5H3/t14?,15-,16-/m0/s1. The summed E-state index contributed by atoms with van der Waals surface area (Å²) in [4.78, 5) is 0. The van der Waals surface area contributed by atoms with Crippen molar-refractivity contribution in [2.45, 2.75) is 97.6 Å². The van der Waals surface area contributed by atoms with Crippen molar-refractivity contribution in [3.05, 3.63) is 0 Å². The van der Waals surface area contributed by atoms with Crippen LogP contribution in [0, 0.1) is 11.8 Å². The maximum absolute atomic E-state index is 4.07. The summed E-state index contributed by atoms with van der Waals surface area (Å²) in [5, 5.41) is 4.07. The molecule has 0 saturated carbocycles. The van der Waals surface area contributed by atoms with Crippen LogP contribution >= 0.6 is 0 Å². The highest BCUT2D eigenvalue weighted by Crippen LogP contribution is 2.43. The van der Waals surface area contributed by atoms with Crippen LogP contribution in [0.2, 0.25) is 0 Å². The van der Waals surface area contributed by atoms with E-state index in [1.165, 1.54) is 51.4 Å². The van der Waals surface area contributed by atoms with Gasteiger partial charge in [0.1, 0.15) is 0 Å². The molecule has 0 bridgehead atoms. The highest BCUT2D eigenvalue weighted by atomic mass is 15.1. The molecule has 0 aromatic heterocycles. The number of hydrogen-bond donors (Lipinski definition) is 1. The molecule has 1 N–H and O–H groups in total. The van der Waals surface area contributed by atoms with E-state index in [-0.39, 0.29) is 0 Å². The first kappa shape index (κ1) is 16.0. The van der Waals surface area contributed by atoms with Crippen LogP contribution in [0.5, 0.6) is 0 Å². The fourth-order valence-electron chi connectivity index (χ4n) is 4.24. The van der Waals surface area contributed by atoms with Gasteiger partial charge in [0.05, 0.1) is 0 Å². The summed E-state index contributed by atoms with van der Waals surface area (Å²) >= 11 is 0. The maximum Gasteiger partial charge on any atom is 0.0215 e. The van der Waals surface area contributed by atoms with Gasteiger partial charge in [-0.3, -0.25) is 0 Å². The molecule has 1 rings (SSSR count). The Kier molecular flexibility index (Phi) is 6.70. The summed E-state index contributed by atoms with van der Waals surface area (Å²) < 4.78 is 0. The molecule has 1 heteroatoms. The Bertz CT molecular complexity index is 218. The van der Waals surface area contributed by atoms with Crippen LogP contribution in [0.3, 0.4) is 0 Å². The molecule has 1 aliphatic heterocycles. The van der Waals surface area contributed by atoms with Gasteiger partial charge in [-0.25, -0.2) is 0 Å². The highest BCUT2D eigenvalue weighted by Gasteiger charge is 2.46. The van der Waals surface area contributed by atoms with Crippen molar-refractivity contribution in [1.82, 2.24) is 5.32 Å². The summed E-state index contributed by atoms with van der Waals surface area (Å²) in [6, 6.07) is 0.784. The first-order valence-corrected chi connectivity index (χ1v) is 8.41. The molecule has 0 aliphatic carbocycles. The third-order valence-electron chi connectivity index (χ3n) is 5.10. The summed E-state index contributed by atoms with van der Waals surface area (Å²) in [7, 11) is 0. The zero-order chi connectivity index (χ0) is 13.6. The average Bonchev–Trinajstić information content (AvgIpc) is 2.68. The van der Waals surface area contributed by atoms with E-state index in [4.69, 9.17) is 0 Å². The molecule has 1 unspecified atom stereocenters. The van der Waals surface area contributed by atoms with Crippen LogP contribution in [0.1, 0.15) is 86.0 Å². The van der Waals surface area contributed by atoms with Crippen molar-refractivity contribution in [2.75, 3.05) is 0 Å². The van der Waals surface area contributed by atoms with E-state index in [1.807, 2.05) is 0 Å². The molecule has 1 nitrogen and oxygen atoms in total. The molecule has 1 fully saturated rings. The Morgan fingerprint density at radius 2 is 1.67 bits per heavy atom. The van der Waals surface area contributed by atoms with Gasteiger partial charge in [0.2, 0.25) is 0 Å². The molecule has 108 valence electrons. The van der Waals surface area contributed by atoms with Gasteiger partial charge in [-0.05, 0) is 37.5 Å². The Hall–Kier alpha value is -0.0400. The van der Waals surface area contributed by atoms with E-state index in [0.29, 0.717) is 5.54 Å². The van der Waals surface area contributed by atoms with E-state index in [2.05, 4.69) is 39.9 Å². The molecule has 0 aromatic carbocycles. The van der Waals surface area contributed by atoms with Crippen LogP contribution in [-0.4, -0.2) is 11.6 Å². The van der Waals surface area contributed by atoms with Crippen molar-refractivity contribution in [3.63, 3.8) is 0 Å². The van der Waals surface area contributed by atoms with Crippen molar-refractivity contribution < 1.29 is 0 Å². The van der Waals surface area contributed by atoms with Crippen LogP contribution in [0.4, 0.5) is 0 Å². The molecule has 1 heterocycles. The second-order valence-electron chi connectivity index (χ2n) is 6.51. The van der Waals surface area contributed by atoms with Crippen molar-refractivity contribution in [2.24, 2.45) is 11.8 Å². The monoisotopic (exact) mass is 253 g/mol. The van der Waals surface area contributed by atoms with Gasteiger partial charge in [0, 0.05) is 11.6 Å². The normalized spacial score (nSPS) is 28.5. The topological polar surface area (TPSA) is 12.0 Å². The first-order valence-electron chi connectivity index (χ1n) is 8.41. The molecule has 3 atom stereocenters. The Morgan fingerprint density at radius 1 is 1.06 bits per heavy atom. The van der Waals surface area contributed by atoms with E-state index < -0.39 is 0 Å². The molecule has 1 saturated heterocycles. The predicted octanol–water partition coefficient (Wildman–Crippen LogP) is 5.15. The van der Waals surface area contributed by atoms with Gasteiger partial charge < -0.3 is 5.32 Å². The van der Waals surface area contributed by atoms with E-state index >= 15 is 0 Å². The quantitative estimate of drug-likeness (QED) is 0.631. The van der Waals surface area contributed by atoms with Gasteiger partial charge in [0.25, 0.3) is 0 Å². The second-order valence-corrected chi connectivity index (χ2v) is 6.51. The Labute approximate surface area is 115 Å². The van der Waals surface area contributed by atoms with Gasteiger partial charge in [-0.1, -0.05) is 60.3 Å². The Balaban J connectivity index is 2.85. The molecule has 1 aliphatic rings. The van der Waals surface area contributed by atoms with Crippen LogP contribution in [-0.2, 0) is 0 Å². The minimum Gasteiger partial charge on any atom is -0.308 e. The lowest BCUT2D eigenvalue weighted by Crippen LogP contribution is -2.48. The van der Waals surface area contributed by atoms with Crippen LogP contribution in [0.15, 0.2) is 0 Å². The highest BCUT2D eigenvalue weighted by molar-refractivity contribution is 5.04. The lowest BCUT2D eigenvalue weighted by molar-refractivity contribution is 0.174. The van der Waals surface area contributed by atoms with Gasteiger partial charge in [-0.2, -0.15) is 0 Å². The van der Waals surface area contributed by atoms with Gasteiger partial charge in [-0.15, -0.1) is 0 Å². The molecular weight excluding hydrogens is 218 g/mol. The number of rotatable bonds is 8. The minimum absolute atomic E-state index is 0.457. The minimum atomic E-state index is 0.457. The second kappa shape index (κ2) is 7.53. The maximum atomic E-state index is 4.07. The molecule has 18 heavy (non-hydrogen) atoms. The third-order valence-corrected chi connectivity index (χ3v) is 5.10. The van der Waals surface area contributed by atoms with Crippen LogP contribution < -0.4 is 5.32 Å². The summed E-state index contributed by atoms with van der Waals surface area (Å²) in [6.45, 7) is 11.8. The summed E-state index contributed by atoms with van der Waals surface area (Å²) in [5.41, 5.74) is 0.457. The van der Waals surface area contributed by atoms with E-state index in [1.54, 1.807) is 0 Å². The van der Waals surface area contributed by atoms with Crippen molar-refractivity contribution in [3.8, 4) is 0 Å². The molecule has 0 radical (unpaired) electrons. The van der Waals surface area contributed by atoms with Gasteiger partial charge in [0.15, 0.2) is 0 Å². The van der Waals surface area contributed by atoms with Crippen molar-refractivity contribution >= 4 is 0 Å². The molecule has 0 spiro atoms. The SMILES string of the molecule is CCC[C@H]1C[C@@H](C(C)CC)C(CCC)(CCC)N1. The van der Waals surface area contributed by atoms with E-state index in [9.17, 15) is 0 Å².